The van der Waals surface area contributed by atoms with Gasteiger partial charge in [-0.25, -0.2) is 0 Å². The Kier molecular flexibility index (Phi) is 9.56. The summed E-state index contributed by atoms with van der Waals surface area (Å²) in [7, 11) is 0. The maximum Gasteiger partial charge on any atom is 0.189 e. The Labute approximate surface area is 284 Å². The molecule has 6 aliphatic carbocycles. The van der Waals surface area contributed by atoms with E-state index in [2.05, 4.69) is 72.9 Å². The fourth-order valence-electron chi connectivity index (χ4n) is 7.53. The zero-order valence-corrected chi connectivity index (χ0v) is 27.4. The lowest BCUT2D eigenvalue weighted by molar-refractivity contribution is -0.118. The van der Waals surface area contributed by atoms with Gasteiger partial charge < -0.3 is 0 Å². The summed E-state index contributed by atoms with van der Waals surface area (Å²) in [6.07, 6.45) is 41.4. The van der Waals surface area contributed by atoms with Crippen LogP contribution in [0.1, 0.15) is 68.1 Å². The van der Waals surface area contributed by atoms with Crippen molar-refractivity contribution in [3.8, 4) is 0 Å². The molecule has 0 bridgehead atoms. The van der Waals surface area contributed by atoms with Crippen LogP contribution in [0.2, 0.25) is 0 Å². The molecule has 240 valence electrons. The summed E-state index contributed by atoms with van der Waals surface area (Å²) in [5.74, 6) is 0.771. The van der Waals surface area contributed by atoms with E-state index in [-0.39, 0.29) is 35.1 Å². The molecule has 0 heterocycles. The second kappa shape index (κ2) is 14.5. The van der Waals surface area contributed by atoms with Gasteiger partial charge in [0.1, 0.15) is 0 Å². The third-order valence-electron chi connectivity index (χ3n) is 10.4. The van der Waals surface area contributed by atoms with Crippen molar-refractivity contribution in [3.63, 3.8) is 0 Å². The van der Waals surface area contributed by atoms with E-state index in [0.29, 0.717) is 0 Å². The lowest BCUT2D eigenvalue weighted by Gasteiger charge is -2.30. The van der Waals surface area contributed by atoms with Crippen LogP contribution in [0, 0.1) is 17.8 Å². The molecule has 0 aliphatic heterocycles. The van der Waals surface area contributed by atoms with Crippen molar-refractivity contribution in [2.24, 2.45) is 17.8 Å². The van der Waals surface area contributed by atoms with Gasteiger partial charge in [0.25, 0.3) is 0 Å². The second-order valence-electron chi connectivity index (χ2n) is 13.5. The highest BCUT2D eigenvalue weighted by Crippen LogP contribution is 2.41. The summed E-state index contributed by atoms with van der Waals surface area (Å²) >= 11 is 0. The summed E-state index contributed by atoms with van der Waals surface area (Å²) in [6, 6.07) is 9.52. The third kappa shape index (κ3) is 7.01. The van der Waals surface area contributed by atoms with E-state index < -0.39 is 0 Å². The Hall–Kier alpha value is -4.89. The summed E-state index contributed by atoms with van der Waals surface area (Å²) in [5, 5.41) is 0. The van der Waals surface area contributed by atoms with Crippen LogP contribution in [-0.4, -0.2) is 17.3 Å². The number of carbonyl (C=O) groups excluding carboxylic acids is 3. The molecule has 0 fully saturated rings. The number of carbonyl (C=O) groups is 3. The summed E-state index contributed by atoms with van der Waals surface area (Å²) in [4.78, 5) is 39.5. The number of rotatable bonds is 9. The van der Waals surface area contributed by atoms with Gasteiger partial charge in [-0.15, -0.1) is 0 Å². The lowest BCUT2D eigenvalue weighted by Crippen LogP contribution is -2.19. The first-order chi connectivity index (χ1) is 23.5. The number of hydrogen-bond acceptors (Lipinski definition) is 3. The minimum Gasteiger partial charge on any atom is -0.294 e. The highest BCUT2D eigenvalue weighted by Gasteiger charge is 2.28. The van der Waals surface area contributed by atoms with Gasteiger partial charge in [0.2, 0.25) is 0 Å². The van der Waals surface area contributed by atoms with Crippen molar-refractivity contribution in [1.29, 1.82) is 0 Å². The summed E-state index contributed by atoms with van der Waals surface area (Å²) in [6.45, 7) is 0. The predicted molar refractivity (Wildman–Crippen MR) is 194 cm³/mol. The Balaban J connectivity index is 1.12. The minimum atomic E-state index is -0.0996. The second-order valence-corrected chi connectivity index (χ2v) is 13.5. The highest BCUT2D eigenvalue weighted by atomic mass is 16.1. The third-order valence-corrected chi connectivity index (χ3v) is 10.4. The van der Waals surface area contributed by atoms with Crippen molar-refractivity contribution < 1.29 is 14.4 Å². The average molecular weight is 631 g/mol. The largest absolute Gasteiger partial charge is 0.294 e. The number of benzene rings is 1. The van der Waals surface area contributed by atoms with Gasteiger partial charge in [0.05, 0.1) is 0 Å². The summed E-state index contributed by atoms with van der Waals surface area (Å²) in [5.41, 5.74) is 9.32. The van der Waals surface area contributed by atoms with E-state index in [4.69, 9.17) is 0 Å². The number of allylic oxidation sites excluding steroid dienone is 24. The van der Waals surface area contributed by atoms with Crippen LogP contribution in [0.3, 0.4) is 0 Å². The van der Waals surface area contributed by atoms with Crippen LogP contribution in [0.25, 0.3) is 0 Å². The standard InChI is InChI=1S/C45H42O3/c46-43(34-10-4-1-5-11-34)37-22-16-31(17-23-37)40-28-41(32-18-24-38(25-19-32)44(47)35-12-6-2-7-13-35)30-42(29-40)33-20-26-39(27-21-33)45(48)36-14-8-3-9-15-36/h1-6,8,10-12,15-16,18,20-22,24-26,28,30,32,39,42H,7,9,13-14,17,19,23,27,29H2. The van der Waals surface area contributed by atoms with E-state index in [9.17, 15) is 14.4 Å². The van der Waals surface area contributed by atoms with Gasteiger partial charge in [-0.3, -0.25) is 14.4 Å². The molecule has 0 saturated carbocycles. The van der Waals surface area contributed by atoms with Crippen LogP contribution < -0.4 is 0 Å². The van der Waals surface area contributed by atoms with Crippen molar-refractivity contribution in [2.75, 3.05) is 0 Å². The van der Waals surface area contributed by atoms with Crippen LogP contribution in [0.15, 0.2) is 172 Å². The Morgan fingerprint density at radius 2 is 1.54 bits per heavy atom. The molecule has 1 aromatic rings. The zero-order valence-electron chi connectivity index (χ0n) is 27.4. The first-order valence-corrected chi connectivity index (χ1v) is 17.5. The van der Waals surface area contributed by atoms with E-state index in [1.807, 2.05) is 54.6 Å². The van der Waals surface area contributed by atoms with Gasteiger partial charge in [-0.1, -0.05) is 128 Å². The maximum atomic E-state index is 13.2. The molecular weight excluding hydrogens is 588 g/mol. The number of hydrogen-bond donors (Lipinski definition) is 0. The predicted octanol–water partition coefficient (Wildman–Crippen LogP) is 10.1. The first kappa shape index (κ1) is 31.7. The molecule has 3 heteroatoms. The van der Waals surface area contributed by atoms with E-state index in [1.165, 1.54) is 22.3 Å². The molecule has 0 spiro atoms. The van der Waals surface area contributed by atoms with Crippen molar-refractivity contribution in [3.05, 3.63) is 178 Å². The quantitative estimate of drug-likeness (QED) is 0.202. The molecule has 3 nitrogen and oxygen atoms in total. The maximum absolute atomic E-state index is 13.2. The zero-order chi connectivity index (χ0) is 32.9. The molecule has 0 radical (unpaired) electrons. The van der Waals surface area contributed by atoms with Crippen LogP contribution in [0.4, 0.5) is 0 Å². The first-order valence-electron chi connectivity index (χ1n) is 17.5. The van der Waals surface area contributed by atoms with Gasteiger partial charge in [0.15, 0.2) is 17.3 Å². The van der Waals surface area contributed by atoms with Crippen LogP contribution in [0.5, 0.6) is 0 Å². The molecule has 48 heavy (non-hydrogen) atoms. The minimum absolute atomic E-state index is 0.0996. The molecule has 1 aromatic carbocycles. The number of ketones is 3. The Morgan fingerprint density at radius 3 is 2.23 bits per heavy atom. The van der Waals surface area contributed by atoms with Gasteiger partial charge in [-0.05, 0) is 85.7 Å². The molecule has 0 aromatic heterocycles. The van der Waals surface area contributed by atoms with Crippen LogP contribution in [-0.2, 0) is 9.59 Å². The van der Waals surface area contributed by atoms with E-state index in [0.717, 1.165) is 85.6 Å². The fourth-order valence-corrected chi connectivity index (χ4v) is 7.53. The monoisotopic (exact) mass is 630 g/mol. The van der Waals surface area contributed by atoms with Crippen LogP contribution >= 0.6 is 0 Å². The highest BCUT2D eigenvalue weighted by molar-refractivity contribution is 6.10. The molecular formula is C45H42O3. The van der Waals surface area contributed by atoms with Gasteiger partial charge >= 0.3 is 0 Å². The molecule has 3 atom stereocenters. The molecule has 7 rings (SSSR count). The van der Waals surface area contributed by atoms with Crippen molar-refractivity contribution in [1.82, 2.24) is 0 Å². The molecule has 6 aliphatic rings. The van der Waals surface area contributed by atoms with Gasteiger partial charge in [-0.2, -0.15) is 0 Å². The fraction of sp³-hybridized carbons (Fsp3) is 0.267. The van der Waals surface area contributed by atoms with E-state index >= 15 is 0 Å². The molecule has 3 unspecified atom stereocenters. The Morgan fingerprint density at radius 1 is 0.667 bits per heavy atom. The smallest absolute Gasteiger partial charge is 0.189 e. The van der Waals surface area contributed by atoms with Gasteiger partial charge in [0, 0.05) is 40.0 Å². The molecule has 0 amide bonds. The molecule has 0 saturated heterocycles. The SMILES string of the molecule is O=C(C1=CCC(C2=CC(C3=CCC(C(=O)C4=CCC=CC4)C=C3)CC(C3=CC=C(C(=O)c4ccccc4)CC3)=C2)C=C1)C1=CC=CCC1. The summed E-state index contributed by atoms with van der Waals surface area (Å²) < 4.78 is 0. The topological polar surface area (TPSA) is 51.2 Å². The molecule has 0 N–H and O–H groups in total. The van der Waals surface area contributed by atoms with E-state index in [1.54, 1.807) is 0 Å². The number of Topliss-reactive ketones (excluding diaryl/α,β-unsaturated/α-hetero) is 3. The van der Waals surface area contributed by atoms with Crippen molar-refractivity contribution >= 4 is 17.3 Å². The lowest BCUT2D eigenvalue weighted by atomic mass is 9.74. The average Bonchev–Trinajstić information content (AvgIpc) is 3.18. The van der Waals surface area contributed by atoms with Crippen molar-refractivity contribution in [2.45, 2.75) is 57.8 Å². The Bertz CT molecular complexity index is 1890. The normalized spacial score (nSPS) is 25.0.